The molecule has 2 atom stereocenters. The van der Waals surface area contributed by atoms with Gasteiger partial charge < -0.3 is 10.0 Å². The number of aliphatic hydroxyl groups is 1. The smallest absolute Gasteiger partial charge is 0.0580 e. The second-order valence-corrected chi connectivity index (χ2v) is 5.96. The van der Waals surface area contributed by atoms with E-state index in [1.807, 2.05) is 11.8 Å². The van der Waals surface area contributed by atoms with E-state index in [0.717, 1.165) is 19.5 Å². The van der Waals surface area contributed by atoms with Crippen LogP contribution in [-0.4, -0.2) is 47.8 Å². The highest BCUT2D eigenvalue weighted by Gasteiger charge is 2.23. The van der Waals surface area contributed by atoms with Gasteiger partial charge in [0, 0.05) is 18.8 Å². The van der Waals surface area contributed by atoms with Gasteiger partial charge in [-0.2, -0.15) is 11.8 Å². The van der Waals surface area contributed by atoms with Crippen LogP contribution >= 0.6 is 11.8 Å². The van der Waals surface area contributed by atoms with Crippen LogP contribution in [0.4, 0.5) is 0 Å². The van der Waals surface area contributed by atoms with Crippen LogP contribution in [0.3, 0.4) is 0 Å². The van der Waals surface area contributed by atoms with Gasteiger partial charge >= 0.3 is 0 Å². The summed E-state index contributed by atoms with van der Waals surface area (Å²) in [6.45, 7) is 4.43. The number of nitrogens with zero attached hydrogens (tertiary/aromatic N) is 1. The summed E-state index contributed by atoms with van der Waals surface area (Å²) in [5, 5.41) is 9.86. The van der Waals surface area contributed by atoms with Gasteiger partial charge in [-0.25, -0.2) is 0 Å². The number of hydrogen-bond acceptors (Lipinski definition) is 3. The first-order valence-electron chi connectivity index (χ1n) is 6.18. The average Bonchev–Trinajstić information content (AvgIpc) is 2.22. The Labute approximate surface area is 98.4 Å². The van der Waals surface area contributed by atoms with Gasteiger partial charge in [0.15, 0.2) is 0 Å². The van der Waals surface area contributed by atoms with Gasteiger partial charge in [0.1, 0.15) is 0 Å². The Hall–Kier alpha value is 0.270. The van der Waals surface area contributed by atoms with E-state index < -0.39 is 0 Å². The monoisotopic (exact) mass is 231 g/mol. The Morgan fingerprint density at radius 1 is 1.33 bits per heavy atom. The van der Waals surface area contributed by atoms with Gasteiger partial charge in [-0.1, -0.05) is 19.8 Å². The van der Waals surface area contributed by atoms with E-state index >= 15 is 0 Å². The van der Waals surface area contributed by atoms with Gasteiger partial charge in [0.2, 0.25) is 0 Å². The van der Waals surface area contributed by atoms with Crippen LogP contribution in [0.2, 0.25) is 0 Å². The standard InChI is InChI=1S/C12H25NOS/c1-3-15-9-8-13(2)10-11-6-4-5-7-12(11)14/h11-12,14H,3-10H2,1-2H3. The van der Waals surface area contributed by atoms with E-state index in [9.17, 15) is 5.11 Å². The molecular weight excluding hydrogens is 206 g/mol. The van der Waals surface area contributed by atoms with Crippen molar-refractivity contribution >= 4 is 11.8 Å². The molecule has 0 amide bonds. The SMILES string of the molecule is CCSCCN(C)CC1CCCCC1O. The number of thioether (sulfide) groups is 1. The van der Waals surface area contributed by atoms with Gasteiger partial charge in [-0.3, -0.25) is 0 Å². The molecule has 0 bridgehead atoms. The molecule has 0 heterocycles. The minimum absolute atomic E-state index is 0.0416. The second kappa shape index (κ2) is 7.53. The summed E-state index contributed by atoms with van der Waals surface area (Å²) in [5.41, 5.74) is 0. The fourth-order valence-electron chi connectivity index (χ4n) is 2.26. The third kappa shape index (κ3) is 5.23. The van der Waals surface area contributed by atoms with Crippen molar-refractivity contribution < 1.29 is 5.11 Å². The molecule has 90 valence electrons. The maximum Gasteiger partial charge on any atom is 0.0580 e. The summed E-state index contributed by atoms with van der Waals surface area (Å²) in [5.74, 6) is 2.95. The summed E-state index contributed by atoms with van der Waals surface area (Å²) in [6, 6.07) is 0. The summed E-state index contributed by atoms with van der Waals surface area (Å²) in [6.07, 6.45) is 4.71. The third-order valence-electron chi connectivity index (χ3n) is 3.24. The molecule has 1 saturated carbocycles. The number of aliphatic hydroxyl groups excluding tert-OH is 1. The molecule has 0 radical (unpaired) electrons. The zero-order valence-electron chi connectivity index (χ0n) is 10.1. The molecule has 3 heteroatoms. The average molecular weight is 231 g/mol. The first-order valence-corrected chi connectivity index (χ1v) is 7.34. The molecule has 0 aliphatic heterocycles. The lowest BCUT2D eigenvalue weighted by atomic mass is 9.86. The molecular formula is C12H25NOS. The van der Waals surface area contributed by atoms with Crippen molar-refractivity contribution in [3.63, 3.8) is 0 Å². The molecule has 0 spiro atoms. The Morgan fingerprint density at radius 2 is 2.07 bits per heavy atom. The highest BCUT2D eigenvalue weighted by molar-refractivity contribution is 7.99. The summed E-state index contributed by atoms with van der Waals surface area (Å²) in [4.78, 5) is 2.38. The lowest BCUT2D eigenvalue weighted by molar-refractivity contribution is 0.0525. The predicted molar refractivity (Wildman–Crippen MR) is 68.5 cm³/mol. The van der Waals surface area contributed by atoms with Crippen LogP contribution in [0.15, 0.2) is 0 Å². The highest BCUT2D eigenvalue weighted by Crippen LogP contribution is 2.24. The fraction of sp³-hybridized carbons (Fsp3) is 1.00. The van der Waals surface area contributed by atoms with Gasteiger partial charge in [0.25, 0.3) is 0 Å². The van der Waals surface area contributed by atoms with Crippen molar-refractivity contribution in [3.05, 3.63) is 0 Å². The van der Waals surface area contributed by atoms with Crippen LogP contribution in [0, 0.1) is 5.92 Å². The topological polar surface area (TPSA) is 23.5 Å². The van der Waals surface area contributed by atoms with Crippen molar-refractivity contribution in [2.75, 3.05) is 31.6 Å². The lowest BCUT2D eigenvalue weighted by Gasteiger charge is -2.31. The lowest BCUT2D eigenvalue weighted by Crippen LogP contribution is -2.35. The minimum Gasteiger partial charge on any atom is -0.393 e. The van der Waals surface area contributed by atoms with E-state index in [-0.39, 0.29) is 6.10 Å². The fourth-order valence-corrected chi connectivity index (χ4v) is 2.99. The molecule has 1 N–H and O–H groups in total. The second-order valence-electron chi connectivity index (χ2n) is 4.57. The van der Waals surface area contributed by atoms with Crippen molar-refractivity contribution in [2.45, 2.75) is 38.7 Å². The molecule has 0 aromatic heterocycles. The zero-order valence-corrected chi connectivity index (χ0v) is 10.9. The van der Waals surface area contributed by atoms with Crippen molar-refractivity contribution in [1.82, 2.24) is 4.90 Å². The Balaban J connectivity index is 2.15. The van der Waals surface area contributed by atoms with E-state index in [2.05, 4.69) is 18.9 Å². The van der Waals surface area contributed by atoms with Crippen LogP contribution in [0.1, 0.15) is 32.6 Å². The van der Waals surface area contributed by atoms with Crippen LogP contribution in [0.25, 0.3) is 0 Å². The third-order valence-corrected chi connectivity index (χ3v) is 4.12. The first-order chi connectivity index (χ1) is 7.24. The summed E-state index contributed by atoms with van der Waals surface area (Å²) >= 11 is 2.00. The normalized spacial score (nSPS) is 27.2. The molecule has 0 aromatic rings. The molecule has 2 unspecified atom stereocenters. The quantitative estimate of drug-likeness (QED) is 0.709. The Morgan fingerprint density at radius 3 is 2.73 bits per heavy atom. The van der Waals surface area contributed by atoms with E-state index in [1.54, 1.807) is 0 Å². The molecule has 1 aliphatic carbocycles. The molecule has 1 rings (SSSR count). The molecule has 0 aromatic carbocycles. The van der Waals surface area contributed by atoms with E-state index in [4.69, 9.17) is 0 Å². The van der Waals surface area contributed by atoms with Crippen molar-refractivity contribution in [3.8, 4) is 0 Å². The molecule has 2 nitrogen and oxygen atoms in total. The van der Waals surface area contributed by atoms with E-state index in [1.165, 1.54) is 30.8 Å². The van der Waals surface area contributed by atoms with Gasteiger partial charge in [-0.15, -0.1) is 0 Å². The maximum atomic E-state index is 9.86. The molecule has 1 aliphatic rings. The summed E-state index contributed by atoms with van der Waals surface area (Å²) < 4.78 is 0. The van der Waals surface area contributed by atoms with Gasteiger partial charge in [-0.05, 0) is 31.6 Å². The largest absolute Gasteiger partial charge is 0.393 e. The predicted octanol–water partition coefficient (Wildman–Crippen LogP) is 2.22. The Kier molecular flexibility index (Phi) is 6.69. The highest BCUT2D eigenvalue weighted by atomic mass is 32.2. The van der Waals surface area contributed by atoms with Crippen molar-refractivity contribution in [1.29, 1.82) is 0 Å². The van der Waals surface area contributed by atoms with Crippen LogP contribution in [0.5, 0.6) is 0 Å². The maximum absolute atomic E-state index is 9.86. The van der Waals surface area contributed by atoms with Crippen LogP contribution in [-0.2, 0) is 0 Å². The van der Waals surface area contributed by atoms with Crippen molar-refractivity contribution in [2.24, 2.45) is 5.92 Å². The number of hydrogen-bond donors (Lipinski definition) is 1. The van der Waals surface area contributed by atoms with Crippen LogP contribution < -0.4 is 0 Å². The molecule has 0 saturated heterocycles. The van der Waals surface area contributed by atoms with Gasteiger partial charge in [0.05, 0.1) is 6.10 Å². The molecule has 1 fully saturated rings. The zero-order chi connectivity index (χ0) is 11.1. The molecule has 15 heavy (non-hydrogen) atoms. The minimum atomic E-state index is -0.0416. The first kappa shape index (κ1) is 13.3. The Bertz CT molecular complexity index is 166. The van der Waals surface area contributed by atoms with E-state index in [0.29, 0.717) is 5.92 Å². The number of rotatable bonds is 6. The summed E-state index contributed by atoms with van der Waals surface area (Å²) in [7, 11) is 2.18.